The SMILES string of the molecule is COC(=O)c1c(-c2ccc3c(c2)CCCC3)csc1NC(=O)CCCOc1ccc(C(C)C)cc1Br. The lowest BCUT2D eigenvalue weighted by atomic mass is 9.89. The Bertz CT molecular complexity index is 1250. The second-order valence-electron chi connectivity index (χ2n) is 9.38. The molecule has 1 heterocycles. The molecule has 0 aliphatic heterocycles. The highest BCUT2D eigenvalue weighted by Crippen LogP contribution is 2.38. The summed E-state index contributed by atoms with van der Waals surface area (Å²) in [6.07, 6.45) is 5.42. The van der Waals surface area contributed by atoms with Crippen LogP contribution in [0.1, 0.15) is 72.5 Å². The molecule has 4 rings (SSSR count). The largest absolute Gasteiger partial charge is 0.492 e. The highest BCUT2D eigenvalue weighted by Gasteiger charge is 2.23. The van der Waals surface area contributed by atoms with Crippen LogP contribution in [0.15, 0.2) is 46.3 Å². The van der Waals surface area contributed by atoms with Crippen molar-refractivity contribution in [1.29, 1.82) is 0 Å². The molecular formula is C29H32BrNO4S. The summed E-state index contributed by atoms with van der Waals surface area (Å²) in [4.78, 5) is 25.4. The minimum absolute atomic E-state index is 0.156. The summed E-state index contributed by atoms with van der Waals surface area (Å²) in [6.45, 7) is 4.72. The van der Waals surface area contributed by atoms with E-state index in [0.29, 0.717) is 29.5 Å². The molecule has 0 fully saturated rings. The van der Waals surface area contributed by atoms with Gasteiger partial charge in [0.25, 0.3) is 0 Å². The van der Waals surface area contributed by atoms with Gasteiger partial charge < -0.3 is 14.8 Å². The summed E-state index contributed by atoms with van der Waals surface area (Å²) in [7, 11) is 1.37. The lowest BCUT2D eigenvalue weighted by molar-refractivity contribution is -0.116. The van der Waals surface area contributed by atoms with Gasteiger partial charge in [-0.15, -0.1) is 11.3 Å². The summed E-state index contributed by atoms with van der Waals surface area (Å²) in [5.74, 6) is 0.605. The van der Waals surface area contributed by atoms with E-state index in [2.05, 4.69) is 65.4 Å². The second-order valence-corrected chi connectivity index (χ2v) is 11.1. The van der Waals surface area contributed by atoms with Crippen LogP contribution in [0.4, 0.5) is 5.00 Å². The summed E-state index contributed by atoms with van der Waals surface area (Å²) in [6, 6.07) is 12.5. The highest BCUT2D eigenvalue weighted by molar-refractivity contribution is 9.10. The predicted octanol–water partition coefficient (Wildman–Crippen LogP) is 7.76. The molecule has 0 unspecified atom stereocenters. The molecule has 3 aromatic rings. The molecule has 1 amide bonds. The van der Waals surface area contributed by atoms with Gasteiger partial charge in [-0.05, 0) is 88.3 Å². The highest BCUT2D eigenvalue weighted by atomic mass is 79.9. The topological polar surface area (TPSA) is 64.6 Å². The van der Waals surface area contributed by atoms with E-state index in [4.69, 9.17) is 9.47 Å². The van der Waals surface area contributed by atoms with Crippen LogP contribution in [0, 0.1) is 0 Å². The molecule has 0 saturated heterocycles. The molecular weight excluding hydrogens is 538 g/mol. The zero-order chi connectivity index (χ0) is 25.7. The molecule has 2 aromatic carbocycles. The number of fused-ring (bicyclic) bond motifs is 1. The number of benzene rings is 2. The van der Waals surface area contributed by atoms with Gasteiger partial charge in [0.2, 0.25) is 5.91 Å². The maximum atomic E-state index is 12.7. The molecule has 1 aromatic heterocycles. The number of hydrogen-bond donors (Lipinski definition) is 1. The molecule has 36 heavy (non-hydrogen) atoms. The Kier molecular flexibility index (Phi) is 8.86. The van der Waals surface area contributed by atoms with E-state index in [1.54, 1.807) is 0 Å². The molecule has 190 valence electrons. The fourth-order valence-corrected chi connectivity index (χ4v) is 5.95. The monoisotopic (exact) mass is 569 g/mol. The van der Waals surface area contributed by atoms with Crippen molar-refractivity contribution in [2.24, 2.45) is 0 Å². The third kappa shape index (κ3) is 6.19. The number of ether oxygens (including phenoxy) is 2. The van der Waals surface area contributed by atoms with E-state index in [9.17, 15) is 9.59 Å². The number of anilines is 1. The molecule has 0 atom stereocenters. The summed E-state index contributed by atoms with van der Waals surface area (Å²) >= 11 is 4.92. The molecule has 7 heteroatoms. The fourth-order valence-electron chi connectivity index (χ4n) is 4.47. The predicted molar refractivity (Wildman–Crippen MR) is 149 cm³/mol. The molecule has 0 spiro atoms. The van der Waals surface area contributed by atoms with Crippen molar-refractivity contribution in [1.82, 2.24) is 0 Å². The van der Waals surface area contributed by atoms with E-state index >= 15 is 0 Å². The first-order chi connectivity index (χ1) is 17.4. The molecule has 1 N–H and O–H groups in total. The molecule has 0 saturated carbocycles. The zero-order valence-electron chi connectivity index (χ0n) is 21.0. The van der Waals surface area contributed by atoms with Crippen molar-refractivity contribution in [2.75, 3.05) is 19.0 Å². The van der Waals surface area contributed by atoms with Crippen LogP contribution >= 0.6 is 27.3 Å². The van der Waals surface area contributed by atoms with Crippen molar-refractivity contribution in [2.45, 2.75) is 58.3 Å². The number of amides is 1. The third-order valence-corrected chi connectivity index (χ3v) is 8.04. The first kappa shape index (κ1) is 26.4. The number of methoxy groups -OCH3 is 1. The Hall–Kier alpha value is -2.64. The van der Waals surface area contributed by atoms with Crippen molar-refractivity contribution < 1.29 is 19.1 Å². The van der Waals surface area contributed by atoms with E-state index in [1.165, 1.54) is 48.0 Å². The summed E-state index contributed by atoms with van der Waals surface area (Å²) in [5.41, 5.74) is 6.16. The first-order valence-corrected chi connectivity index (χ1v) is 14.1. The molecule has 1 aliphatic rings. The minimum atomic E-state index is -0.447. The van der Waals surface area contributed by atoms with E-state index in [-0.39, 0.29) is 12.3 Å². The average Bonchev–Trinajstić information content (AvgIpc) is 3.29. The summed E-state index contributed by atoms with van der Waals surface area (Å²) in [5, 5.41) is 5.37. The van der Waals surface area contributed by atoms with Gasteiger partial charge in [-0.2, -0.15) is 0 Å². The minimum Gasteiger partial charge on any atom is -0.492 e. The van der Waals surface area contributed by atoms with Crippen LogP contribution in [0.3, 0.4) is 0 Å². The number of carbonyl (C=O) groups excluding carboxylic acids is 2. The van der Waals surface area contributed by atoms with Crippen LogP contribution in [0.5, 0.6) is 5.75 Å². The third-order valence-electron chi connectivity index (χ3n) is 6.52. The number of hydrogen-bond acceptors (Lipinski definition) is 5. The van der Waals surface area contributed by atoms with Crippen molar-refractivity contribution in [3.63, 3.8) is 0 Å². The number of rotatable bonds is 9. The van der Waals surface area contributed by atoms with Gasteiger partial charge in [-0.25, -0.2) is 4.79 Å². The fraction of sp³-hybridized carbons (Fsp3) is 0.379. The van der Waals surface area contributed by atoms with Gasteiger partial charge in [0, 0.05) is 17.4 Å². The number of halogens is 1. The van der Waals surface area contributed by atoms with Gasteiger partial charge in [0.05, 0.1) is 18.2 Å². The quantitative estimate of drug-likeness (QED) is 0.211. The summed E-state index contributed by atoms with van der Waals surface area (Å²) < 4.78 is 11.8. The lowest BCUT2D eigenvalue weighted by Gasteiger charge is -2.16. The van der Waals surface area contributed by atoms with E-state index in [0.717, 1.165) is 34.2 Å². The van der Waals surface area contributed by atoms with Gasteiger partial charge in [0.15, 0.2) is 0 Å². The van der Waals surface area contributed by atoms with Gasteiger partial charge >= 0.3 is 5.97 Å². The van der Waals surface area contributed by atoms with Crippen molar-refractivity contribution in [3.05, 3.63) is 68.5 Å². The van der Waals surface area contributed by atoms with Gasteiger partial charge in [-0.3, -0.25) is 4.79 Å². The number of esters is 1. The number of carbonyl (C=O) groups is 2. The lowest BCUT2D eigenvalue weighted by Crippen LogP contribution is -2.15. The molecule has 5 nitrogen and oxygen atoms in total. The Morgan fingerprint density at radius 2 is 1.86 bits per heavy atom. The van der Waals surface area contributed by atoms with E-state index in [1.807, 2.05) is 11.4 Å². The Balaban J connectivity index is 1.39. The average molecular weight is 571 g/mol. The normalized spacial score (nSPS) is 12.8. The maximum Gasteiger partial charge on any atom is 0.341 e. The first-order valence-electron chi connectivity index (χ1n) is 12.4. The van der Waals surface area contributed by atoms with E-state index < -0.39 is 5.97 Å². The standard InChI is InChI=1S/C29H32BrNO4S/c1-18(2)20-12-13-25(24(30)16-20)35-14-6-9-26(32)31-28-27(29(33)34-3)23(17-36-28)22-11-10-19-7-4-5-8-21(19)15-22/h10-13,15-18H,4-9,14H2,1-3H3,(H,31,32). The Labute approximate surface area is 225 Å². The van der Waals surface area contributed by atoms with Crippen LogP contribution < -0.4 is 10.1 Å². The number of aryl methyl sites for hydroxylation is 2. The zero-order valence-corrected chi connectivity index (χ0v) is 23.4. The Morgan fingerprint density at radius 1 is 1.08 bits per heavy atom. The van der Waals surface area contributed by atoms with Crippen molar-refractivity contribution in [3.8, 4) is 16.9 Å². The van der Waals surface area contributed by atoms with Crippen LogP contribution in [0.25, 0.3) is 11.1 Å². The molecule has 0 radical (unpaired) electrons. The Morgan fingerprint density at radius 3 is 2.58 bits per heavy atom. The molecule has 0 bridgehead atoms. The number of thiophene rings is 1. The smallest absolute Gasteiger partial charge is 0.341 e. The van der Waals surface area contributed by atoms with Gasteiger partial charge in [0.1, 0.15) is 16.3 Å². The molecule has 1 aliphatic carbocycles. The second kappa shape index (κ2) is 12.1. The van der Waals surface area contributed by atoms with Crippen LogP contribution in [-0.2, 0) is 22.4 Å². The number of nitrogens with one attached hydrogen (secondary N) is 1. The van der Waals surface area contributed by atoms with Crippen LogP contribution in [-0.4, -0.2) is 25.6 Å². The van der Waals surface area contributed by atoms with Gasteiger partial charge in [-0.1, -0.05) is 38.1 Å². The van der Waals surface area contributed by atoms with Crippen LogP contribution in [0.2, 0.25) is 0 Å². The maximum absolute atomic E-state index is 12.7. The van der Waals surface area contributed by atoms with Crippen molar-refractivity contribution >= 4 is 44.1 Å².